The third-order valence-electron chi connectivity index (χ3n) is 12.9. The van der Waals surface area contributed by atoms with E-state index in [0.717, 1.165) is 19.7 Å². The molecule has 4 atom stereocenters. The third-order valence-corrected chi connectivity index (χ3v) is 16.8. The summed E-state index contributed by atoms with van der Waals surface area (Å²) in [4.78, 5) is 90.2. The largest absolute Gasteiger partial charge is 0.533 e. The molecular weight excluding hydrogens is 1050 g/mol. The molecule has 0 aromatic heterocycles. The molecule has 3 aliphatic heterocycles. The fraction of sp³-hybridized carbons (Fsp3) is 0.444. The minimum absolute atomic E-state index is 0.0122. The summed E-state index contributed by atoms with van der Waals surface area (Å²) in [6.07, 6.45) is -1.62. The number of hydroxylamine groups is 4. The van der Waals surface area contributed by atoms with E-state index in [9.17, 15) is 45.6 Å². The Morgan fingerprint density at radius 1 is 0.500 bits per heavy atom. The quantitative estimate of drug-likeness (QED) is 0.0856. The molecular formula is C54H66N6O16S2. The second kappa shape index (κ2) is 26.1. The molecule has 3 fully saturated rings. The molecule has 0 saturated carbocycles. The monoisotopic (exact) mass is 1120 g/mol. The number of esters is 2. The summed E-state index contributed by atoms with van der Waals surface area (Å²) in [5, 5.41) is 8.10. The van der Waals surface area contributed by atoms with Gasteiger partial charge in [-0.2, -0.15) is 8.61 Å². The summed E-state index contributed by atoms with van der Waals surface area (Å²) in [7, 11) is -7.98. The van der Waals surface area contributed by atoms with Crippen LogP contribution in [0.5, 0.6) is 11.5 Å². The molecule has 4 aromatic rings. The Morgan fingerprint density at radius 2 is 0.833 bits per heavy atom. The lowest BCUT2D eigenvalue weighted by molar-refractivity contribution is -0.195. The predicted molar refractivity (Wildman–Crippen MR) is 280 cm³/mol. The molecule has 0 radical (unpaired) electrons. The van der Waals surface area contributed by atoms with Crippen LogP contribution in [0.3, 0.4) is 0 Å². The van der Waals surface area contributed by atoms with Gasteiger partial charge >= 0.3 is 24.2 Å². The highest BCUT2D eigenvalue weighted by Crippen LogP contribution is 2.29. The maximum atomic E-state index is 13.7. The molecule has 2 amide bonds. The first-order valence-corrected chi connectivity index (χ1v) is 28.6. The van der Waals surface area contributed by atoms with Gasteiger partial charge in [0.2, 0.25) is 31.9 Å². The van der Waals surface area contributed by atoms with Crippen LogP contribution in [-0.4, -0.2) is 147 Å². The minimum atomic E-state index is -3.99. The zero-order valence-corrected chi connectivity index (χ0v) is 46.0. The number of benzene rings is 4. The summed E-state index contributed by atoms with van der Waals surface area (Å²) in [5.41, 5.74) is 2.92. The van der Waals surface area contributed by atoms with Crippen LogP contribution in [0.2, 0.25) is 0 Å². The van der Waals surface area contributed by atoms with Crippen molar-refractivity contribution in [1.29, 1.82) is 0 Å². The summed E-state index contributed by atoms with van der Waals surface area (Å²) >= 11 is 0. The standard InChI is InChI=1S/C54H66N6O16S2/c1-35(2)71-51(63)45(55-49(61)47-9-7-27-59(47)77(67,68)43-23-11-37(5)12-24-43)33-39-15-19-41(20-16-39)73-53(65)75-57-29-31-58(32-30-57)76-54(66)74-42-21-17-40(18-22-42)34-46(52(64)72-36(3)4)56-50(62)48-10-8-28-60(48)78(69,70)44-25-13-38(6)14-26-44/h11-26,35-36,45-48H,7-10,27-34H2,1-6H3,(H,55,61)(H,56,62)/t45-,46-,47+,48+/m0/s1. The number of aryl methyl sites for hydroxylation is 2. The molecule has 22 nitrogen and oxygen atoms in total. The molecule has 0 spiro atoms. The number of hydrogen-bond donors (Lipinski definition) is 2. The molecule has 0 unspecified atom stereocenters. The van der Waals surface area contributed by atoms with E-state index in [1.54, 1.807) is 76.2 Å². The van der Waals surface area contributed by atoms with Crippen LogP contribution in [-0.2, 0) is 71.2 Å². The van der Waals surface area contributed by atoms with Gasteiger partial charge in [0.1, 0.15) is 35.7 Å². The van der Waals surface area contributed by atoms with Crippen LogP contribution >= 0.6 is 0 Å². The van der Waals surface area contributed by atoms with Gasteiger partial charge in [-0.1, -0.05) is 59.7 Å². The van der Waals surface area contributed by atoms with E-state index in [0.29, 0.717) is 24.0 Å². The number of ether oxygens (including phenoxy) is 4. The molecule has 3 aliphatic rings. The Labute approximate surface area is 454 Å². The van der Waals surface area contributed by atoms with Gasteiger partial charge in [-0.05, 0) is 127 Å². The van der Waals surface area contributed by atoms with E-state index < -0.39 is 92.5 Å². The van der Waals surface area contributed by atoms with Gasteiger partial charge in [-0.25, -0.2) is 36.0 Å². The van der Waals surface area contributed by atoms with Crippen molar-refractivity contribution in [1.82, 2.24) is 29.4 Å². The Bertz CT molecular complexity index is 2790. The molecule has 3 heterocycles. The van der Waals surface area contributed by atoms with E-state index in [-0.39, 0.29) is 86.2 Å². The molecule has 4 aromatic carbocycles. The van der Waals surface area contributed by atoms with Gasteiger partial charge in [0.15, 0.2) is 0 Å². The fourth-order valence-corrected chi connectivity index (χ4v) is 12.3. The lowest BCUT2D eigenvalue weighted by atomic mass is 10.0. The van der Waals surface area contributed by atoms with E-state index >= 15 is 0 Å². The lowest BCUT2D eigenvalue weighted by Gasteiger charge is -2.31. The van der Waals surface area contributed by atoms with Crippen LogP contribution in [0, 0.1) is 13.8 Å². The van der Waals surface area contributed by atoms with E-state index in [1.807, 2.05) is 13.8 Å². The maximum absolute atomic E-state index is 13.7. The summed E-state index contributed by atoms with van der Waals surface area (Å²) in [5.74, 6) is -2.42. The predicted octanol–water partition coefficient (Wildman–Crippen LogP) is 5.15. The van der Waals surface area contributed by atoms with Crippen LogP contribution < -0.4 is 20.1 Å². The van der Waals surface area contributed by atoms with Crippen molar-refractivity contribution in [3.05, 3.63) is 119 Å². The Balaban J connectivity index is 0.851. The van der Waals surface area contributed by atoms with Gasteiger partial charge in [0, 0.05) is 25.9 Å². The fourth-order valence-electron chi connectivity index (χ4n) is 8.97. The molecule has 7 rings (SSSR count). The normalized spacial score (nSPS) is 18.4. The highest BCUT2D eigenvalue weighted by atomic mass is 32.2. The van der Waals surface area contributed by atoms with Crippen molar-refractivity contribution in [2.24, 2.45) is 0 Å². The first kappa shape index (κ1) is 58.7. The average molecular weight is 1120 g/mol. The number of carbonyl (C=O) groups is 6. The third kappa shape index (κ3) is 15.6. The molecule has 420 valence electrons. The van der Waals surface area contributed by atoms with E-state index in [1.165, 1.54) is 58.7 Å². The van der Waals surface area contributed by atoms with Crippen LogP contribution in [0.1, 0.15) is 75.6 Å². The summed E-state index contributed by atoms with van der Waals surface area (Å²) < 4.78 is 78.1. The molecule has 3 saturated heterocycles. The zero-order valence-electron chi connectivity index (χ0n) is 44.3. The number of sulfonamides is 2. The topological polar surface area (TPSA) is 263 Å². The molecule has 78 heavy (non-hydrogen) atoms. The van der Waals surface area contributed by atoms with Crippen molar-refractivity contribution in [2.75, 3.05) is 39.3 Å². The molecule has 2 N–H and O–H groups in total. The van der Waals surface area contributed by atoms with Crippen molar-refractivity contribution in [2.45, 2.75) is 126 Å². The number of piperazine rings is 1. The highest BCUT2D eigenvalue weighted by Gasteiger charge is 2.42. The Kier molecular flexibility index (Phi) is 19.7. The first-order chi connectivity index (χ1) is 37.0. The number of nitrogens with zero attached hydrogens (tertiary/aromatic N) is 4. The van der Waals surface area contributed by atoms with Gasteiger partial charge < -0.3 is 39.3 Å². The second-order valence-electron chi connectivity index (χ2n) is 19.7. The number of carbonyl (C=O) groups excluding carboxylic acids is 6. The van der Waals surface area contributed by atoms with E-state index in [4.69, 9.17) is 28.6 Å². The van der Waals surface area contributed by atoms with Gasteiger partial charge in [-0.15, -0.1) is 10.1 Å². The Hall–Kier alpha value is -6.96. The number of hydrogen-bond acceptors (Lipinski definition) is 18. The van der Waals surface area contributed by atoms with Crippen molar-refractivity contribution >= 4 is 56.1 Å². The van der Waals surface area contributed by atoms with Crippen LogP contribution in [0.15, 0.2) is 107 Å². The van der Waals surface area contributed by atoms with Gasteiger partial charge in [0.25, 0.3) is 0 Å². The lowest BCUT2D eigenvalue weighted by Crippen LogP contribution is -2.52. The average Bonchev–Trinajstić information content (AvgIpc) is 4.24. The maximum Gasteiger partial charge on any atom is 0.533 e. The van der Waals surface area contributed by atoms with Crippen molar-refractivity contribution < 1.29 is 74.2 Å². The summed E-state index contributed by atoms with van der Waals surface area (Å²) in [6, 6.07) is 20.7. The molecule has 0 aliphatic carbocycles. The molecule has 24 heteroatoms. The minimum Gasteiger partial charge on any atom is -0.461 e. The molecule has 0 bridgehead atoms. The number of nitrogens with one attached hydrogen (secondary N) is 2. The van der Waals surface area contributed by atoms with Crippen molar-refractivity contribution in [3.63, 3.8) is 0 Å². The number of amides is 2. The number of rotatable bonds is 20. The van der Waals surface area contributed by atoms with Crippen LogP contribution in [0.4, 0.5) is 9.59 Å². The zero-order chi connectivity index (χ0) is 56.3. The smallest absolute Gasteiger partial charge is 0.461 e. The highest BCUT2D eigenvalue weighted by molar-refractivity contribution is 7.89. The van der Waals surface area contributed by atoms with Gasteiger partial charge in [0.05, 0.1) is 48.2 Å². The SMILES string of the molecule is Cc1ccc(S(=O)(=O)N2CCC[C@@H]2C(=O)N[C@@H](Cc2ccc(OC(=O)ON3CCN(OC(=O)Oc4ccc(C[C@H](NC(=O)[C@H]5CCCN5S(=O)(=O)c5ccc(C)cc5)C(=O)OC(C)C)cc4)CC3)cc2)C(=O)OC(C)C)cc1. The van der Waals surface area contributed by atoms with Crippen molar-refractivity contribution in [3.8, 4) is 11.5 Å². The second-order valence-corrected chi connectivity index (χ2v) is 23.5. The first-order valence-electron chi connectivity index (χ1n) is 25.7. The van der Waals surface area contributed by atoms with E-state index in [2.05, 4.69) is 10.6 Å². The Morgan fingerprint density at radius 3 is 1.15 bits per heavy atom. The van der Waals surface area contributed by atoms with Gasteiger partial charge in [-0.3, -0.25) is 9.59 Å². The summed E-state index contributed by atoms with van der Waals surface area (Å²) in [6.45, 7) is 11.2. The van der Waals surface area contributed by atoms with Crippen LogP contribution in [0.25, 0.3) is 0 Å².